The van der Waals surface area contributed by atoms with E-state index in [2.05, 4.69) is 15.6 Å². The molecule has 7 heteroatoms. The van der Waals surface area contributed by atoms with Gasteiger partial charge in [0, 0.05) is 33.2 Å². The fourth-order valence-corrected chi connectivity index (χ4v) is 3.10. The Bertz CT molecular complexity index is 807. The number of hydrogen-bond donors (Lipinski definition) is 2. The van der Waals surface area contributed by atoms with Crippen LogP contribution in [-0.4, -0.2) is 46.4 Å². The molecule has 1 saturated heterocycles. The molecular formula is C21H27FN4O2. The van der Waals surface area contributed by atoms with Gasteiger partial charge < -0.3 is 25.0 Å². The minimum atomic E-state index is -0.208. The van der Waals surface area contributed by atoms with E-state index in [-0.39, 0.29) is 5.82 Å². The molecule has 0 saturated carbocycles. The van der Waals surface area contributed by atoms with Gasteiger partial charge >= 0.3 is 0 Å². The number of benzene rings is 2. The summed E-state index contributed by atoms with van der Waals surface area (Å²) in [7, 11) is 3.36. The summed E-state index contributed by atoms with van der Waals surface area (Å²) >= 11 is 0. The molecular weight excluding hydrogens is 359 g/mol. The minimum Gasteiger partial charge on any atom is -0.497 e. The molecule has 0 radical (unpaired) electrons. The van der Waals surface area contributed by atoms with E-state index in [0.29, 0.717) is 38.0 Å². The van der Waals surface area contributed by atoms with E-state index in [0.717, 1.165) is 30.0 Å². The second-order valence-corrected chi connectivity index (χ2v) is 6.52. The predicted molar refractivity (Wildman–Crippen MR) is 109 cm³/mol. The van der Waals surface area contributed by atoms with Crippen LogP contribution in [0.5, 0.6) is 5.75 Å². The molecule has 6 nitrogen and oxygen atoms in total. The third-order valence-electron chi connectivity index (χ3n) is 4.64. The van der Waals surface area contributed by atoms with Crippen LogP contribution in [0.15, 0.2) is 47.5 Å². The van der Waals surface area contributed by atoms with Crippen molar-refractivity contribution in [3.63, 3.8) is 0 Å². The molecule has 2 aromatic rings. The SMILES string of the molecule is CN=C(NCc1cccc(OC)c1)NCc1ccc(N2CCOCC2)c(F)c1. The van der Waals surface area contributed by atoms with Crippen LogP contribution in [0.3, 0.4) is 0 Å². The van der Waals surface area contributed by atoms with E-state index >= 15 is 0 Å². The van der Waals surface area contributed by atoms with Crippen molar-refractivity contribution in [3.8, 4) is 5.75 Å². The maximum absolute atomic E-state index is 14.5. The lowest BCUT2D eigenvalue weighted by Crippen LogP contribution is -2.37. The molecule has 28 heavy (non-hydrogen) atoms. The molecule has 0 amide bonds. The Morgan fingerprint density at radius 2 is 1.82 bits per heavy atom. The Balaban J connectivity index is 1.53. The lowest BCUT2D eigenvalue weighted by molar-refractivity contribution is 0.122. The molecule has 1 fully saturated rings. The van der Waals surface area contributed by atoms with Gasteiger partial charge in [0.1, 0.15) is 11.6 Å². The first-order valence-electron chi connectivity index (χ1n) is 9.38. The number of morpholine rings is 1. The van der Waals surface area contributed by atoms with Crippen LogP contribution in [0, 0.1) is 5.82 Å². The standard InChI is InChI=1S/C21H27FN4O2/c1-23-21(24-14-16-4-3-5-18(12-16)27-2)25-15-17-6-7-20(19(22)13-17)26-8-10-28-11-9-26/h3-7,12-13H,8-11,14-15H2,1-2H3,(H2,23,24,25). The fraction of sp³-hybridized carbons (Fsp3) is 0.381. The van der Waals surface area contributed by atoms with Gasteiger partial charge in [0.25, 0.3) is 0 Å². The van der Waals surface area contributed by atoms with Crippen LogP contribution in [0.25, 0.3) is 0 Å². The molecule has 1 aliphatic rings. The van der Waals surface area contributed by atoms with Crippen molar-refractivity contribution in [1.82, 2.24) is 10.6 Å². The predicted octanol–water partition coefficient (Wildman–Crippen LogP) is 2.54. The molecule has 150 valence electrons. The van der Waals surface area contributed by atoms with Gasteiger partial charge in [0.2, 0.25) is 0 Å². The zero-order valence-corrected chi connectivity index (χ0v) is 16.4. The van der Waals surface area contributed by atoms with E-state index in [1.165, 1.54) is 0 Å². The van der Waals surface area contributed by atoms with Crippen LogP contribution in [0.1, 0.15) is 11.1 Å². The van der Waals surface area contributed by atoms with Crippen molar-refractivity contribution in [2.75, 3.05) is 45.4 Å². The zero-order chi connectivity index (χ0) is 19.8. The maximum Gasteiger partial charge on any atom is 0.191 e. The van der Waals surface area contributed by atoms with Crippen molar-refractivity contribution in [2.45, 2.75) is 13.1 Å². The van der Waals surface area contributed by atoms with Crippen LogP contribution in [0.4, 0.5) is 10.1 Å². The topological polar surface area (TPSA) is 58.1 Å². The third kappa shape index (κ3) is 5.36. The van der Waals surface area contributed by atoms with Crippen LogP contribution >= 0.6 is 0 Å². The number of methoxy groups -OCH3 is 1. The Hall–Kier alpha value is -2.80. The van der Waals surface area contributed by atoms with Gasteiger partial charge in [-0.05, 0) is 35.4 Å². The molecule has 2 N–H and O–H groups in total. The van der Waals surface area contributed by atoms with E-state index in [1.54, 1.807) is 20.2 Å². The minimum absolute atomic E-state index is 0.208. The average Bonchev–Trinajstić information content (AvgIpc) is 2.74. The number of nitrogens with zero attached hydrogens (tertiary/aromatic N) is 2. The first-order valence-corrected chi connectivity index (χ1v) is 9.38. The number of ether oxygens (including phenoxy) is 2. The van der Waals surface area contributed by atoms with Gasteiger partial charge in [-0.15, -0.1) is 0 Å². The van der Waals surface area contributed by atoms with Gasteiger partial charge in [0.15, 0.2) is 5.96 Å². The molecule has 1 heterocycles. The van der Waals surface area contributed by atoms with E-state index in [4.69, 9.17) is 9.47 Å². The van der Waals surface area contributed by atoms with Crippen molar-refractivity contribution in [1.29, 1.82) is 0 Å². The number of nitrogens with one attached hydrogen (secondary N) is 2. The highest BCUT2D eigenvalue weighted by atomic mass is 19.1. The van der Waals surface area contributed by atoms with Gasteiger partial charge in [-0.3, -0.25) is 4.99 Å². The highest BCUT2D eigenvalue weighted by molar-refractivity contribution is 5.79. The van der Waals surface area contributed by atoms with E-state index in [1.807, 2.05) is 41.3 Å². The second kappa shape index (κ2) is 9.94. The number of guanidine groups is 1. The van der Waals surface area contributed by atoms with Gasteiger partial charge in [-0.2, -0.15) is 0 Å². The normalized spacial score (nSPS) is 14.7. The second-order valence-electron chi connectivity index (χ2n) is 6.52. The lowest BCUT2D eigenvalue weighted by atomic mass is 10.1. The number of anilines is 1. The summed E-state index contributed by atoms with van der Waals surface area (Å²) in [5.41, 5.74) is 2.58. The summed E-state index contributed by atoms with van der Waals surface area (Å²) in [6.45, 7) is 3.81. The maximum atomic E-state index is 14.5. The quantitative estimate of drug-likeness (QED) is 0.590. The number of rotatable bonds is 6. The number of aliphatic imine (C=N–C) groups is 1. The Morgan fingerprint density at radius 1 is 1.11 bits per heavy atom. The monoisotopic (exact) mass is 386 g/mol. The summed E-state index contributed by atoms with van der Waals surface area (Å²) < 4.78 is 25.1. The Kier molecular flexibility index (Phi) is 7.08. The zero-order valence-electron chi connectivity index (χ0n) is 16.4. The molecule has 3 rings (SSSR count). The average molecular weight is 386 g/mol. The van der Waals surface area contributed by atoms with Crippen molar-refractivity contribution >= 4 is 11.6 Å². The summed E-state index contributed by atoms with van der Waals surface area (Å²) in [5.74, 6) is 1.26. The van der Waals surface area contributed by atoms with Crippen LogP contribution in [0.2, 0.25) is 0 Å². The first kappa shape index (κ1) is 19.9. The molecule has 0 bridgehead atoms. The molecule has 1 aliphatic heterocycles. The van der Waals surface area contributed by atoms with Crippen LogP contribution in [-0.2, 0) is 17.8 Å². The molecule has 0 unspecified atom stereocenters. The van der Waals surface area contributed by atoms with E-state index in [9.17, 15) is 4.39 Å². The molecule has 2 aromatic carbocycles. The van der Waals surface area contributed by atoms with Crippen molar-refractivity contribution < 1.29 is 13.9 Å². The molecule has 0 aliphatic carbocycles. The Morgan fingerprint density at radius 3 is 2.46 bits per heavy atom. The van der Waals surface area contributed by atoms with Crippen molar-refractivity contribution in [3.05, 3.63) is 59.4 Å². The van der Waals surface area contributed by atoms with Gasteiger partial charge in [-0.25, -0.2) is 4.39 Å². The lowest BCUT2D eigenvalue weighted by Gasteiger charge is -2.29. The Labute approximate surface area is 165 Å². The van der Waals surface area contributed by atoms with Gasteiger partial charge in [0.05, 0.1) is 26.0 Å². The molecule has 0 aromatic heterocycles. The largest absolute Gasteiger partial charge is 0.497 e. The van der Waals surface area contributed by atoms with Crippen LogP contribution < -0.4 is 20.3 Å². The summed E-state index contributed by atoms with van der Waals surface area (Å²) in [5, 5.41) is 6.47. The summed E-state index contributed by atoms with van der Waals surface area (Å²) in [6.07, 6.45) is 0. The third-order valence-corrected chi connectivity index (χ3v) is 4.64. The molecule has 0 atom stereocenters. The van der Waals surface area contributed by atoms with Gasteiger partial charge in [-0.1, -0.05) is 18.2 Å². The smallest absolute Gasteiger partial charge is 0.191 e. The summed E-state index contributed by atoms with van der Waals surface area (Å²) in [4.78, 5) is 6.24. The highest BCUT2D eigenvalue weighted by Gasteiger charge is 2.15. The summed E-state index contributed by atoms with van der Waals surface area (Å²) in [6, 6.07) is 13.2. The first-order chi connectivity index (χ1) is 13.7. The fourth-order valence-electron chi connectivity index (χ4n) is 3.10. The highest BCUT2D eigenvalue weighted by Crippen LogP contribution is 2.21. The molecule has 0 spiro atoms. The number of halogens is 1. The number of hydrogen-bond acceptors (Lipinski definition) is 4. The van der Waals surface area contributed by atoms with Crippen molar-refractivity contribution in [2.24, 2.45) is 4.99 Å². The van der Waals surface area contributed by atoms with E-state index < -0.39 is 0 Å².